The number of benzene rings is 1. The van der Waals surface area contributed by atoms with Gasteiger partial charge in [-0.15, -0.1) is 0 Å². The van der Waals surface area contributed by atoms with Crippen LogP contribution in [0.5, 0.6) is 0 Å². The number of halogens is 2. The van der Waals surface area contributed by atoms with E-state index in [1.165, 1.54) is 18.5 Å². The molecular formula is C21H25ClFN5O2. The van der Waals surface area contributed by atoms with Gasteiger partial charge in [-0.25, -0.2) is 14.4 Å². The molecule has 4 rings (SSSR count). The number of hydrogen-bond acceptors (Lipinski definition) is 6. The van der Waals surface area contributed by atoms with Gasteiger partial charge in [0.15, 0.2) is 0 Å². The summed E-state index contributed by atoms with van der Waals surface area (Å²) in [6.45, 7) is 4.25. The third kappa shape index (κ3) is 3.75. The fourth-order valence-electron chi connectivity index (χ4n) is 4.46. The minimum Gasteiger partial charge on any atom is -0.387 e. The van der Waals surface area contributed by atoms with Gasteiger partial charge in [0.25, 0.3) is 0 Å². The molecule has 1 aromatic heterocycles. The maximum absolute atomic E-state index is 14.3. The van der Waals surface area contributed by atoms with Crippen molar-refractivity contribution in [1.29, 1.82) is 0 Å². The first kappa shape index (κ1) is 21.0. The van der Waals surface area contributed by atoms with Crippen molar-refractivity contribution >= 4 is 23.3 Å². The molecular weight excluding hydrogens is 409 g/mol. The molecule has 2 heterocycles. The predicted octanol–water partition coefficient (Wildman–Crippen LogP) is 2.20. The third-order valence-corrected chi connectivity index (χ3v) is 6.28. The summed E-state index contributed by atoms with van der Waals surface area (Å²) in [5, 5.41) is 10.5. The fraction of sp³-hybridized carbons (Fsp3) is 0.476. The Kier molecular flexibility index (Phi) is 5.90. The van der Waals surface area contributed by atoms with Crippen molar-refractivity contribution in [1.82, 2.24) is 14.9 Å². The van der Waals surface area contributed by atoms with E-state index in [2.05, 4.69) is 21.8 Å². The van der Waals surface area contributed by atoms with E-state index in [1.54, 1.807) is 11.0 Å². The Balaban J connectivity index is 1.48. The first-order valence-corrected chi connectivity index (χ1v) is 10.5. The molecule has 1 aromatic carbocycles. The van der Waals surface area contributed by atoms with Gasteiger partial charge >= 0.3 is 0 Å². The number of hydrogen-bond donors (Lipinski definition) is 2. The summed E-state index contributed by atoms with van der Waals surface area (Å²) < 4.78 is 14.3. The van der Waals surface area contributed by atoms with Gasteiger partial charge in [0.05, 0.1) is 17.7 Å². The van der Waals surface area contributed by atoms with E-state index in [-0.39, 0.29) is 29.0 Å². The van der Waals surface area contributed by atoms with Crippen LogP contribution in [-0.2, 0) is 4.79 Å². The van der Waals surface area contributed by atoms with Crippen molar-refractivity contribution in [2.45, 2.75) is 31.3 Å². The average Bonchev–Trinajstić information content (AvgIpc) is 3.04. The standard InChI is InChI=1S/C21H25ClFN5O2/c1-12-8-17(29)19-18(12)20(26-11-25-19)27-4-6-28(7-5-27)21(30)15(10-24)14-3-2-13(22)9-16(14)23/h2-3,9,11-12,15,17,29H,4-8,10,24H2,1H3/t12-,15-,17-/m1/s1. The van der Waals surface area contributed by atoms with E-state index in [9.17, 15) is 14.3 Å². The minimum absolute atomic E-state index is 0.0203. The molecule has 1 fully saturated rings. The van der Waals surface area contributed by atoms with Gasteiger partial charge in [0, 0.05) is 48.9 Å². The lowest BCUT2D eigenvalue weighted by atomic mass is 9.96. The smallest absolute Gasteiger partial charge is 0.231 e. The maximum Gasteiger partial charge on any atom is 0.231 e. The Bertz CT molecular complexity index is 951. The summed E-state index contributed by atoms with van der Waals surface area (Å²) in [4.78, 5) is 25.6. The summed E-state index contributed by atoms with van der Waals surface area (Å²) in [5.74, 6) is -0.438. The second-order valence-electron chi connectivity index (χ2n) is 7.92. The molecule has 1 amide bonds. The van der Waals surface area contributed by atoms with Gasteiger partial charge < -0.3 is 20.6 Å². The molecule has 160 valence electrons. The number of nitrogens with two attached hydrogens (primary N) is 1. The van der Waals surface area contributed by atoms with Crippen LogP contribution < -0.4 is 10.6 Å². The number of aliphatic hydroxyl groups is 1. The summed E-state index contributed by atoms with van der Waals surface area (Å²) in [6.07, 6.45) is 1.57. The molecule has 0 bridgehead atoms. The quantitative estimate of drug-likeness (QED) is 0.767. The SMILES string of the molecule is C[C@@H]1C[C@@H](O)c2ncnc(N3CCN(C(=O)[C@H](CN)c4ccc(Cl)cc4F)CC3)c21. The Morgan fingerprint density at radius 3 is 2.73 bits per heavy atom. The van der Waals surface area contributed by atoms with Crippen molar-refractivity contribution in [2.24, 2.45) is 5.73 Å². The number of aliphatic hydroxyl groups excluding tert-OH is 1. The van der Waals surface area contributed by atoms with Gasteiger partial charge in [-0.05, 0) is 24.5 Å². The number of piperazine rings is 1. The molecule has 1 aliphatic heterocycles. The van der Waals surface area contributed by atoms with Gasteiger partial charge in [-0.1, -0.05) is 24.6 Å². The highest BCUT2D eigenvalue weighted by Crippen LogP contribution is 2.42. The Morgan fingerprint density at radius 2 is 2.07 bits per heavy atom. The van der Waals surface area contributed by atoms with E-state index in [1.807, 2.05) is 0 Å². The second kappa shape index (κ2) is 8.45. The number of fused-ring (bicyclic) bond motifs is 1. The zero-order chi connectivity index (χ0) is 21.4. The molecule has 9 heteroatoms. The lowest BCUT2D eigenvalue weighted by Crippen LogP contribution is -2.51. The molecule has 2 aliphatic rings. The van der Waals surface area contributed by atoms with Crippen molar-refractivity contribution in [3.8, 4) is 0 Å². The third-order valence-electron chi connectivity index (χ3n) is 6.04. The maximum atomic E-state index is 14.3. The van der Waals surface area contributed by atoms with Crippen molar-refractivity contribution in [3.63, 3.8) is 0 Å². The minimum atomic E-state index is -0.743. The molecule has 30 heavy (non-hydrogen) atoms. The zero-order valence-electron chi connectivity index (χ0n) is 16.8. The molecule has 0 radical (unpaired) electrons. The van der Waals surface area contributed by atoms with Crippen LogP contribution in [0.15, 0.2) is 24.5 Å². The highest BCUT2D eigenvalue weighted by molar-refractivity contribution is 6.30. The van der Waals surface area contributed by atoms with E-state index in [0.717, 1.165) is 11.4 Å². The number of amides is 1. The Labute approximate surface area is 179 Å². The van der Waals surface area contributed by atoms with E-state index in [0.29, 0.717) is 38.3 Å². The van der Waals surface area contributed by atoms with E-state index >= 15 is 0 Å². The van der Waals surface area contributed by atoms with Crippen molar-refractivity contribution in [3.05, 3.63) is 52.2 Å². The number of anilines is 1. The normalized spacial score (nSPS) is 22.2. The molecule has 3 atom stereocenters. The van der Waals surface area contributed by atoms with Crippen LogP contribution in [0.1, 0.15) is 48.1 Å². The average molecular weight is 434 g/mol. The topological polar surface area (TPSA) is 95.6 Å². The largest absolute Gasteiger partial charge is 0.387 e. The van der Waals surface area contributed by atoms with Crippen LogP contribution in [0.25, 0.3) is 0 Å². The fourth-order valence-corrected chi connectivity index (χ4v) is 4.62. The Hall–Kier alpha value is -2.29. The molecule has 0 spiro atoms. The zero-order valence-corrected chi connectivity index (χ0v) is 17.5. The molecule has 0 unspecified atom stereocenters. The number of rotatable bonds is 4. The van der Waals surface area contributed by atoms with Crippen molar-refractivity contribution < 1.29 is 14.3 Å². The summed E-state index contributed by atoms with van der Waals surface area (Å²) >= 11 is 5.83. The lowest BCUT2D eigenvalue weighted by molar-refractivity contribution is -0.133. The molecule has 3 N–H and O–H groups in total. The number of carbonyl (C=O) groups excluding carboxylic acids is 1. The second-order valence-corrected chi connectivity index (χ2v) is 8.35. The summed E-state index contributed by atoms with van der Waals surface area (Å²) in [7, 11) is 0. The molecule has 1 saturated heterocycles. The van der Waals surface area contributed by atoms with Gasteiger partial charge in [-0.2, -0.15) is 0 Å². The van der Waals surface area contributed by atoms with Crippen LogP contribution in [-0.4, -0.2) is 58.6 Å². The van der Waals surface area contributed by atoms with Crippen molar-refractivity contribution in [2.75, 3.05) is 37.6 Å². The predicted molar refractivity (Wildman–Crippen MR) is 112 cm³/mol. The van der Waals surface area contributed by atoms with Crippen LogP contribution in [0.3, 0.4) is 0 Å². The van der Waals surface area contributed by atoms with Crippen LogP contribution in [0, 0.1) is 5.82 Å². The monoisotopic (exact) mass is 433 g/mol. The molecule has 2 aromatic rings. The van der Waals surface area contributed by atoms with Gasteiger partial charge in [0.1, 0.15) is 18.0 Å². The van der Waals surface area contributed by atoms with E-state index < -0.39 is 17.8 Å². The first-order chi connectivity index (χ1) is 14.4. The molecule has 7 nitrogen and oxygen atoms in total. The first-order valence-electron chi connectivity index (χ1n) is 10.1. The van der Waals surface area contributed by atoms with Crippen LogP contribution >= 0.6 is 11.6 Å². The van der Waals surface area contributed by atoms with Crippen LogP contribution in [0.4, 0.5) is 10.2 Å². The Morgan fingerprint density at radius 1 is 1.33 bits per heavy atom. The van der Waals surface area contributed by atoms with Crippen LogP contribution in [0.2, 0.25) is 5.02 Å². The summed E-state index contributed by atoms with van der Waals surface area (Å²) in [5.41, 5.74) is 7.79. The highest BCUT2D eigenvalue weighted by Gasteiger charge is 2.35. The van der Waals surface area contributed by atoms with E-state index in [4.69, 9.17) is 17.3 Å². The number of nitrogens with zero attached hydrogens (tertiary/aromatic N) is 4. The van der Waals surface area contributed by atoms with Gasteiger partial charge in [-0.3, -0.25) is 4.79 Å². The number of aromatic nitrogens is 2. The lowest BCUT2D eigenvalue weighted by Gasteiger charge is -2.37. The highest BCUT2D eigenvalue weighted by atomic mass is 35.5. The summed E-state index contributed by atoms with van der Waals surface area (Å²) in [6, 6.07) is 4.30. The van der Waals surface area contributed by atoms with Gasteiger partial charge in [0.2, 0.25) is 5.91 Å². The molecule has 0 saturated carbocycles. The molecule has 1 aliphatic carbocycles. The number of carbonyl (C=O) groups is 1.